The first-order valence-electron chi connectivity index (χ1n) is 7.79. The summed E-state index contributed by atoms with van der Waals surface area (Å²) in [6.07, 6.45) is 0.456. The molecule has 1 fully saturated rings. The van der Waals surface area contributed by atoms with Crippen molar-refractivity contribution in [1.82, 2.24) is 0 Å². The summed E-state index contributed by atoms with van der Waals surface area (Å²) >= 11 is 0. The highest BCUT2D eigenvalue weighted by Gasteiger charge is 2.35. The van der Waals surface area contributed by atoms with E-state index in [1.54, 1.807) is 19.9 Å². The van der Waals surface area contributed by atoms with Crippen molar-refractivity contribution in [1.29, 1.82) is 0 Å². The number of hydrogen-bond donors (Lipinski definition) is 0. The predicted octanol–water partition coefficient (Wildman–Crippen LogP) is 3.79. The third kappa shape index (κ3) is 3.98. The molecule has 0 bridgehead atoms. The van der Waals surface area contributed by atoms with Gasteiger partial charge in [-0.15, -0.1) is 0 Å². The molecule has 0 aromatic heterocycles. The van der Waals surface area contributed by atoms with E-state index >= 15 is 0 Å². The molecular formula is C16H25O5P. The monoisotopic (exact) mass is 328 g/mol. The molecule has 2 atom stereocenters. The maximum atomic E-state index is 13.1. The summed E-state index contributed by atoms with van der Waals surface area (Å²) < 4.78 is 35.8. The van der Waals surface area contributed by atoms with E-state index in [0.29, 0.717) is 24.1 Å². The summed E-state index contributed by atoms with van der Waals surface area (Å²) in [5.74, 6) is 0. The molecule has 124 valence electrons. The van der Waals surface area contributed by atoms with Crippen LogP contribution in [0.2, 0.25) is 0 Å². The zero-order valence-corrected chi connectivity index (χ0v) is 14.5. The molecule has 1 aliphatic heterocycles. The second-order valence-corrected chi connectivity index (χ2v) is 7.35. The van der Waals surface area contributed by atoms with Gasteiger partial charge in [-0.3, -0.25) is 4.57 Å². The van der Waals surface area contributed by atoms with E-state index in [1.807, 2.05) is 32.0 Å². The second kappa shape index (κ2) is 7.71. The maximum absolute atomic E-state index is 13.1. The number of hydrogen-bond acceptors (Lipinski definition) is 5. The Kier molecular flexibility index (Phi) is 6.18. The van der Waals surface area contributed by atoms with Crippen LogP contribution in [0.5, 0.6) is 0 Å². The minimum absolute atomic E-state index is 0.0837. The number of ether oxygens (including phenoxy) is 2. The lowest BCUT2D eigenvalue weighted by molar-refractivity contribution is -0.238. The Morgan fingerprint density at radius 2 is 1.64 bits per heavy atom. The molecule has 22 heavy (non-hydrogen) atoms. The smallest absolute Gasteiger partial charge is 0.345 e. The average molecular weight is 328 g/mol. The molecule has 5 nitrogen and oxygen atoms in total. The van der Waals surface area contributed by atoms with E-state index in [-0.39, 0.29) is 12.2 Å². The molecule has 1 heterocycles. The van der Waals surface area contributed by atoms with Crippen LogP contribution >= 0.6 is 7.60 Å². The number of benzene rings is 1. The van der Waals surface area contributed by atoms with E-state index in [2.05, 4.69) is 0 Å². The zero-order chi connectivity index (χ0) is 16.2. The molecule has 0 N–H and O–H groups in total. The summed E-state index contributed by atoms with van der Waals surface area (Å²) in [5.41, 5.74) is 0.714. The van der Waals surface area contributed by atoms with Gasteiger partial charge in [0, 0.05) is 5.56 Å². The summed E-state index contributed by atoms with van der Waals surface area (Å²) in [7, 11) is -3.38. The van der Waals surface area contributed by atoms with Crippen LogP contribution in [0.1, 0.15) is 46.0 Å². The van der Waals surface area contributed by atoms with Crippen LogP contribution in [0.4, 0.5) is 0 Å². The minimum Gasteiger partial charge on any atom is -0.345 e. The van der Waals surface area contributed by atoms with Crippen molar-refractivity contribution < 1.29 is 23.1 Å². The summed E-state index contributed by atoms with van der Waals surface area (Å²) in [6, 6.07) is 7.31. The SMILES string of the molecule is CCOP(=O)(OCC)c1ccccc1C1O[C@@H](C)C[C@H](C)O1. The molecule has 0 unspecified atom stereocenters. The first-order valence-corrected chi connectivity index (χ1v) is 9.34. The maximum Gasteiger partial charge on any atom is 0.361 e. The lowest BCUT2D eigenvalue weighted by Gasteiger charge is -2.34. The van der Waals surface area contributed by atoms with E-state index in [1.165, 1.54) is 0 Å². The standard InChI is InChI=1S/C16H25O5P/c1-5-18-22(17,19-6-2)15-10-8-7-9-14(15)16-20-12(3)11-13(4)21-16/h7-10,12-13,16H,5-6,11H2,1-4H3/t12-,13-/m0/s1. The van der Waals surface area contributed by atoms with Crippen molar-refractivity contribution in [3.05, 3.63) is 29.8 Å². The Bertz CT molecular complexity index is 513. The van der Waals surface area contributed by atoms with Gasteiger partial charge in [-0.1, -0.05) is 18.2 Å². The molecule has 0 saturated carbocycles. The van der Waals surface area contributed by atoms with Gasteiger partial charge in [-0.25, -0.2) is 0 Å². The van der Waals surface area contributed by atoms with Gasteiger partial charge in [0.15, 0.2) is 6.29 Å². The van der Waals surface area contributed by atoms with Crippen LogP contribution in [0.3, 0.4) is 0 Å². The normalized spacial score (nSPS) is 26.1. The van der Waals surface area contributed by atoms with Crippen LogP contribution in [-0.2, 0) is 23.1 Å². The van der Waals surface area contributed by atoms with Crippen molar-refractivity contribution in [2.24, 2.45) is 0 Å². The molecule has 6 heteroatoms. The van der Waals surface area contributed by atoms with Crippen molar-refractivity contribution in [2.75, 3.05) is 13.2 Å². The highest BCUT2D eigenvalue weighted by atomic mass is 31.2. The summed E-state index contributed by atoms with van der Waals surface area (Å²) in [4.78, 5) is 0. The lowest BCUT2D eigenvalue weighted by Crippen LogP contribution is -2.33. The van der Waals surface area contributed by atoms with Crippen LogP contribution in [0.25, 0.3) is 0 Å². The fourth-order valence-electron chi connectivity index (χ4n) is 2.63. The molecule has 2 rings (SSSR count). The highest BCUT2D eigenvalue weighted by molar-refractivity contribution is 7.62. The van der Waals surface area contributed by atoms with Gasteiger partial charge in [0.25, 0.3) is 0 Å². The van der Waals surface area contributed by atoms with Crippen molar-refractivity contribution >= 4 is 12.9 Å². The van der Waals surface area contributed by atoms with Crippen LogP contribution in [-0.4, -0.2) is 25.4 Å². The molecule has 0 aliphatic carbocycles. The Hall–Kier alpha value is -0.710. The molecule has 0 amide bonds. The predicted molar refractivity (Wildman–Crippen MR) is 85.4 cm³/mol. The topological polar surface area (TPSA) is 54.0 Å². The van der Waals surface area contributed by atoms with Crippen LogP contribution in [0.15, 0.2) is 24.3 Å². The van der Waals surface area contributed by atoms with E-state index in [4.69, 9.17) is 18.5 Å². The van der Waals surface area contributed by atoms with Gasteiger partial charge in [-0.05, 0) is 40.2 Å². The fraction of sp³-hybridized carbons (Fsp3) is 0.625. The van der Waals surface area contributed by atoms with E-state index < -0.39 is 13.9 Å². The third-order valence-electron chi connectivity index (χ3n) is 3.46. The molecule has 1 aromatic rings. The molecule has 1 aliphatic rings. The van der Waals surface area contributed by atoms with Gasteiger partial charge in [0.2, 0.25) is 0 Å². The van der Waals surface area contributed by atoms with Gasteiger partial charge >= 0.3 is 7.60 Å². The fourth-order valence-corrected chi connectivity index (χ4v) is 4.43. The molecule has 0 radical (unpaired) electrons. The van der Waals surface area contributed by atoms with Gasteiger partial charge in [0.1, 0.15) is 0 Å². The van der Waals surface area contributed by atoms with E-state index in [9.17, 15) is 4.57 Å². The molecular weight excluding hydrogens is 303 g/mol. The van der Waals surface area contributed by atoms with Gasteiger partial charge in [-0.2, -0.15) is 0 Å². The first-order chi connectivity index (χ1) is 10.5. The highest BCUT2D eigenvalue weighted by Crippen LogP contribution is 2.49. The quantitative estimate of drug-likeness (QED) is 0.744. The van der Waals surface area contributed by atoms with Crippen molar-refractivity contribution in [3.63, 3.8) is 0 Å². The Balaban J connectivity index is 2.39. The van der Waals surface area contributed by atoms with Gasteiger partial charge < -0.3 is 18.5 Å². The molecule has 0 spiro atoms. The summed E-state index contributed by atoms with van der Waals surface area (Å²) in [6.45, 7) is 8.24. The minimum atomic E-state index is -3.38. The summed E-state index contributed by atoms with van der Waals surface area (Å²) in [5, 5.41) is 0.519. The largest absolute Gasteiger partial charge is 0.361 e. The molecule has 1 saturated heterocycles. The van der Waals surface area contributed by atoms with E-state index in [0.717, 1.165) is 6.42 Å². The van der Waals surface area contributed by atoms with Crippen molar-refractivity contribution in [2.45, 2.75) is 52.6 Å². The Morgan fingerprint density at radius 3 is 2.18 bits per heavy atom. The Labute approximate surface area is 132 Å². The zero-order valence-electron chi connectivity index (χ0n) is 13.7. The van der Waals surface area contributed by atoms with Gasteiger partial charge in [0.05, 0.1) is 30.7 Å². The van der Waals surface area contributed by atoms with Crippen LogP contribution < -0.4 is 5.30 Å². The first kappa shape index (κ1) is 17.6. The number of rotatable bonds is 6. The average Bonchev–Trinajstić information content (AvgIpc) is 2.47. The van der Waals surface area contributed by atoms with Crippen molar-refractivity contribution in [3.8, 4) is 0 Å². The second-order valence-electron chi connectivity index (χ2n) is 5.35. The Morgan fingerprint density at radius 1 is 1.09 bits per heavy atom. The third-order valence-corrected chi connectivity index (χ3v) is 5.65. The van der Waals surface area contributed by atoms with Crippen LogP contribution in [0, 0.1) is 0 Å². The lowest BCUT2D eigenvalue weighted by atomic mass is 10.1. The molecule has 1 aromatic carbocycles.